The summed E-state index contributed by atoms with van der Waals surface area (Å²) in [4.78, 5) is 11.8. The van der Waals surface area contributed by atoms with Gasteiger partial charge >= 0.3 is 0 Å². The van der Waals surface area contributed by atoms with Crippen molar-refractivity contribution >= 4 is 35.8 Å². The van der Waals surface area contributed by atoms with Crippen LogP contribution in [0, 0.1) is 5.41 Å². The van der Waals surface area contributed by atoms with Crippen LogP contribution in [0.4, 0.5) is 5.82 Å². The molecule has 0 aromatic carbocycles. The molecule has 6 nitrogen and oxygen atoms in total. The second kappa shape index (κ2) is 12.6. The molecule has 29 heavy (non-hydrogen) atoms. The van der Waals surface area contributed by atoms with E-state index in [1.807, 2.05) is 6.20 Å². The Morgan fingerprint density at radius 3 is 2.55 bits per heavy atom. The SMILES string of the molecule is CCNC(=NCc1ccc(N2CCCC2)nc1)NCC1(CCOC)CCCC1.I. The number of aliphatic imine (C=N–C) groups is 1. The smallest absolute Gasteiger partial charge is 0.191 e. The maximum absolute atomic E-state index is 5.35. The Bertz CT molecular complexity index is 610. The largest absolute Gasteiger partial charge is 0.385 e. The number of methoxy groups -OCH3 is 1. The first kappa shape index (κ1) is 24.2. The molecule has 2 fully saturated rings. The minimum Gasteiger partial charge on any atom is -0.385 e. The highest BCUT2D eigenvalue weighted by molar-refractivity contribution is 14.0. The maximum atomic E-state index is 5.35. The predicted octanol–water partition coefficient (Wildman–Crippen LogP) is 3.95. The molecule has 0 unspecified atom stereocenters. The van der Waals surface area contributed by atoms with Gasteiger partial charge in [0, 0.05) is 46.1 Å². The predicted molar refractivity (Wildman–Crippen MR) is 131 cm³/mol. The quantitative estimate of drug-likeness (QED) is 0.296. The molecule has 1 saturated carbocycles. The second-order valence-electron chi connectivity index (χ2n) is 8.22. The van der Waals surface area contributed by atoms with Gasteiger partial charge in [0.15, 0.2) is 5.96 Å². The van der Waals surface area contributed by atoms with E-state index in [1.165, 1.54) is 38.5 Å². The van der Waals surface area contributed by atoms with Gasteiger partial charge in [0.2, 0.25) is 0 Å². The molecule has 1 saturated heterocycles. The topological polar surface area (TPSA) is 61.8 Å². The average molecular weight is 515 g/mol. The Balaban J connectivity index is 0.00000300. The number of aromatic nitrogens is 1. The van der Waals surface area contributed by atoms with Crippen LogP contribution in [-0.4, -0.2) is 50.8 Å². The first-order chi connectivity index (χ1) is 13.7. The van der Waals surface area contributed by atoms with Crippen LogP contribution in [-0.2, 0) is 11.3 Å². The molecule has 2 aliphatic rings. The zero-order chi connectivity index (χ0) is 19.7. The summed E-state index contributed by atoms with van der Waals surface area (Å²) in [6.07, 6.45) is 10.9. The first-order valence-electron chi connectivity index (χ1n) is 11.0. The fourth-order valence-corrected chi connectivity index (χ4v) is 4.39. The van der Waals surface area contributed by atoms with E-state index in [1.54, 1.807) is 7.11 Å². The van der Waals surface area contributed by atoms with Gasteiger partial charge in [-0.05, 0) is 56.1 Å². The molecule has 0 amide bonds. The van der Waals surface area contributed by atoms with Gasteiger partial charge < -0.3 is 20.3 Å². The van der Waals surface area contributed by atoms with E-state index >= 15 is 0 Å². The number of nitrogens with one attached hydrogen (secondary N) is 2. The minimum absolute atomic E-state index is 0. The van der Waals surface area contributed by atoms with Gasteiger partial charge in [0.05, 0.1) is 6.54 Å². The fourth-order valence-electron chi connectivity index (χ4n) is 4.39. The summed E-state index contributed by atoms with van der Waals surface area (Å²) in [6.45, 7) is 7.68. The van der Waals surface area contributed by atoms with Gasteiger partial charge in [-0.1, -0.05) is 18.9 Å². The van der Waals surface area contributed by atoms with Crippen molar-refractivity contribution in [3.8, 4) is 0 Å². The number of pyridine rings is 1. The fraction of sp³-hybridized carbons (Fsp3) is 0.727. The molecular weight excluding hydrogens is 477 g/mol. The van der Waals surface area contributed by atoms with Crippen molar-refractivity contribution in [1.82, 2.24) is 15.6 Å². The molecule has 2 heterocycles. The molecule has 1 aromatic rings. The summed E-state index contributed by atoms with van der Waals surface area (Å²) in [5, 5.41) is 6.98. The third kappa shape index (κ3) is 7.27. The third-order valence-corrected chi connectivity index (χ3v) is 6.13. The molecule has 1 aliphatic carbocycles. The number of hydrogen-bond acceptors (Lipinski definition) is 4. The summed E-state index contributed by atoms with van der Waals surface area (Å²) in [6, 6.07) is 4.29. The molecule has 2 N–H and O–H groups in total. The highest BCUT2D eigenvalue weighted by Crippen LogP contribution is 2.40. The van der Waals surface area contributed by atoms with Gasteiger partial charge in [-0.2, -0.15) is 0 Å². The Morgan fingerprint density at radius 2 is 1.93 bits per heavy atom. The lowest BCUT2D eigenvalue weighted by atomic mass is 9.83. The van der Waals surface area contributed by atoms with Crippen molar-refractivity contribution in [2.75, 3.05) is 44.8 Å². The van der Waals surface area contributed by atoms with Gasteiger partial charge in [0.25, 0.3) is 0 Å². The van der Waals surface area contributed by atoms with Crippen LogP contribution in [0.15, 0.2) is 23.3 Å². The summed E-state index contributed by atoms with van der Waals surface area (Å²) in [5.74, 6) is 1.99. The van der Waals surface area contributed by atoms with E-state index in [4.69, 9.17) is 9.73 Å². The van der Waals surface area contributed by atoms with Crippen molar-refractivity contribution in [3.63, 3.8) is 0 Å². The molecule has 7 heteroatoms. The molecule has 1 aromatic heterocycles. The van der Waals surface area contributed by atoms with Gasteiger partial charge in [0.1, 0.15) is 5.82 Å². The van der Waals surface area contributed by atoms with E-state index in [0.717, 1.165) is 56.5 Å². The highest BCUT2D eigenvalue weighted by atomic mass is 127. The standard InChI is InChI=1S/C22H37N5O.HI/c1-3-23-21(26-18-22(12-15-28-2)10-4-5-11-22)25-17-19-8-9-20(24-16-19)27-13-6-7-14-27;/h8-9,16H,3-7,10-15,17-18H2,1-2H3,(H2,23,25,26);1H. The van der Waals surface area contributed by atoms with Crippen LogP contribution in [0.3, 0.4) is 0 Å². The average Bonchev–Trinajstić information content (AvgIpc) is 3.42. The van der Waals surface area contributed by atoms with Crippen molar-refractivity contribution in [2.45, 2.75) is 58.4 Å². The molecule has 0 bridgehead atoms. The second-order valence-corrected chi connectivity index (χ2v) is 8.22. The summed E-state index contributed by atoms with van der Waals surface area (Å²) >= 11 is 0. The Hall–Kier alpha value is -1.09. The molecule has 1 aliphatic heterocycles. The number of anilines is 1. The van der Waals surface area contributed by atoms with Crippen LogP contribution in [0.2, 0.25) is 0 Å². The molecular formula is C22H38IN5O. The number of rotatable bonds is 9. The normalized spacial score (nSPS) is 18.6. The van der Waals surface area contributed by atoms with Crippen LogP contribution in [0.1, 0.15) is 57.4 Å². The molecule has 0 spiro atoms. The van der Waals surface area contributed by atoms with E-state index in [-0.39, 0.29) is 24.0 Å². The first-order valence-corrected chi connectivity index (χ1v) is 11.0. The highest BCUT2D eigenvalue weighted by Gasteiger charge is 2.33. The van der Waals surface area contributed by atoms with E-state index < -0.39 is 0 Å². The van der Waals surface area contributed by atoms with Gasteiger partial charge in [-0.3, -0.25) is 0 Å². The zero-order valence-electron chi connectivity index (χ0n) is 18.1. The lowest BCUT2D eigenvalue weighted by Crippen LogP contribution is -2.43. The number of nitrogens with zero attached hydrogens (tertiary/aromatic N) is 3. The zero-order valence-corrected chi connectivity index (χ0v) is 20.4. The number of hydrogen-bond donors (Lipinski definition) is 2. The van der Waals surface area contributed by atoms with Crippen LogP contribution >= 0.6 is 24.0 Å². The molecule has 0 radical (unpaired) electrons. The Morgan fingerprint density at radius 1 is 1.17 bits per heavy atom. The monoisotopic (exact) mass is 515 g/mol. The van der Waals surface area contributed by atoms with Crippen molar-refractivity contribution in [1.29, 1.82) is 0 Å². The van der Waals surface area contributed by atoms with Crippen molar-refractivity contribution < 1.29 is 4.74 Å². The Kier molecular flexibility index (Phi) is 10.5. The van der Waals surface area contributed by atoms with Gasteiger partial charge in [-0.15, -0.1) is 24.0 Å². The maximum Gasteiger partial charge on any atom is 0.191 e. The molecule has 0 atom stereocenters. The van der Waals surface area contributed by atoms with E-state index in [9.17, 15) is 0 Å². The Labute approximate surface area is 193 Å². The number of ether oxygens (including phenoxy) is 1. The molecule has 3 rings (SSSR count). The van der Waals surface area contributed by atoms with Gasteiger partial charge in [-0.25, -0.2) is 9.98 Å². The van der Waals surface area contributed by atoms with E-state index in [2.05, 4.69) is 39.6 Å². The third-order valence-electron chi connectivity index (χ3n) is 6.13. The van der Waals surface area contributed by atoms with Crippen molar-refractivity contribution in [3.05, 3.63) is 23.9 Å². The number of guanidine groups is 1. The molecule has 164 valence electrons. The lowest BCUT2D eigenvalue weighted by molar-refractivity contribution is 0.138. The van der Waals surface area contributed by atoms with Crippen LogP contribution in [0.5, 0.6) is 0 Å². The summed E-state index contributed by atoms with van der Waals surface area (Å²) < 4.78 is 5.35. The lowest BCUT2D eigenvalue weighted by Gasteiger charge is -2.30. The van der Waals surface area contributed by atoms with Crippen LogP contribution in [0.25, 0.3) is 0 Å². The van der Waals surface area contributed by atoms with Crippen LogP contribution < -0.4 is 15.5 Å². The summed E-state index contributed by atoms with van der Waals surface area (Å²) in [7, 11) is 1.80. The number of halogens is 1. The van der Waals surface area contributed by atoms with Crippen molar-refractivity contribution in [2.24, 2.45) is 10.4 Å². The minimum atomic E-state index is 0. The van der Waals surface area contributed by atoms with E-state index in [0.29, 0.717) is 12.0 Å². The summed E-state index contributed by atoms with van der Waals surface area (Å²) in [5.41, 5.74) is 1.50.